The van der Waals surface area contributed by atoms with Crippen molar-refractivity contribution in [3.63, 3.8) is 0 Å². The van der Waals surface area contributed by atoms with Gasteiger partial charge in [-0.15, -0.1) is 10.2 Å². The van der Waals surface area contributed by atoms with Crippen LogP contribution in [0.15, 0.2) is 66.1 Å². The van der Waals surface area contributed by atoms with E-state index in [1.807, 2.05) is 39.8 Å². The van der Waals surface area contributed by atoms with Crippen molar-refractivity contribution >= 4 is 17.7 Å². The van der Waals surface area contributed by atoms with Gasteiger partial charge in [0.2, 0.25) is 5.91 Å². The molecule has 29 heavy (non-hydrogen) atoms. The van der Waals surface area contributed by atoms with Gasteiger partial charge >= 0.3 is 0 Å². The molecule has 1 aromatic heterocycles. The van der Waals surface area contributed by atoms with Gasteiger partial charge in [0, 0.05) is 18.3 Å². The molecule has 0 aliphatic heterocycles. The van der Waals surface area contributed by atoms with Crippen LogP contribution in [0.4, 0.5) is 0 Å². The number of carbonyl (C=O) groups is 1. The Labute approximate surface area is 176 Å². The van der Waals surface area contributed by atoms with Crippen molar-refractivity contribution < 1.29 is 4.79 Å². The van der Waals surface area contributed by atoms with Crippen LogP contribution in [0.5, 0.6) is 0 Å². The molecule has 150 valence electrons. The number of rotatable bonds is 8. The molecule has 1 fully saturated rings. The molecule has 1 saturated carbocycles. The van der Waals surface area contributed by atoms with Gasteiger partial charge in [0.15, 0.2) is 5.16 Å². The number of nitrogens with zero attached hydrogens (tertiary/aromatic N) is 4. The molecule has 0 N–H and O–H groups in total. The van der Waals surface area contributed by atoms with Crippen LogP contribution in [-0.2, 0) is 11.3 Å². The van der Waals surface area contributed by atoms with E-state index in [4.69, 9.17) is 0 Å². The molecule has 1 amide bonds. The summed E-state index contributed by atoms with van der Waals surface area (Å²) in [7, 11) is 0. The molecule has 5 nitrogen and oxygen atoms in total. The fraction of sp³-hybridized carbons (Fsp3) is 0.348. The summed E-state index contributed by atoms with van der Waals surface area (Å²) in [5, 5.41) is 9.02. The SMILES string of the molecule is Cc1ccc(-n2cnnc2SCC(=O)N(Cc2ccccc2)C(C)C2CC2)cc1. The quantitative estimate of drug-likeness (QED) is 0.517. The van der Waals surface area contributed by atoms with Crippen LogP contribution < -0.4 is 0 Å². The Bertz CT molecular complexity index is 951. The molecule has 1 aliphatic carbocycles. The molecule has 1 aliphatic rings. The van der Waals surface area contributed by atoms with E-state index in [9.17, 15) is 4.79 Å². The first-order chi connectivity index (χ1) is 14.1. The topological polar surface area (TPSA) is 51.0 Å². The predicted molar refractivity (Wildman–Crippen MR) is 116 cm³/mol. The number of aromatic nitrogens is 3. The molecule has 1 heterocycles. The average molecular weight is 407 g/mol. The minimum absolute atomic E-state index is 0.150. The minimum Gasteiger partial charge on any atom is -0.335 e. The van der Waals surface area contributed by atoms with E-state index in [1.54, 1.807) is 6.33 Å². The van der Waals surface area contributed by atoms with Crippen molar-refractivity contribution in [2.45, 2.75) is 44.4 Å². The lowest BCUT2D eigenvalue weighted by atomic mass is 10.1. The number of hydrogen-bond acceptors (Lipinski definition) is 4. The Morgan fingerprint density at radius 3 is 2.59 bits per heavy atom. The highest BCUT2D eigenvalue weighted by atomic mass is 32.2. The van der Waals surface area contributed by atoms with Crippen LogP contribution in [0, 0.1) is 12.8 Å². The van der Waals surface area contributed by atoms with Crippen molar-refractivity contribution in [1.29, 1.82) is 0 Å². The molecule has 0 spiro atoms. The summed E-state index contributed by atoms with van der Waals surface area (Å²) in [5.41, 5.74) is 3.38. The van der Waals surface area contributed by atoms with Gasteiger partial charge in [0.25, 0.3) is 0 Å². The smallest absolute Gasteiger partial charge is 0.233 e. The number of hydrogen-bond donors (Lipinski definition) is 0. The van der Waals surface area contributed by atoms with Gasteiger partial charge in [-0.05, 0) is 50.3 Å². The van der Waals surface area contributed by atoms with E-state index < -0.39 is 0 Å². The summed E-state index contributed by atoms with van der Waals surface area (Å²) < 4.78 is 1.93. The number of carbonyl (C=O) groups excluding carboxylic acids is 1. The average Bonchev–Trinajstić information content (AvgIpc) is 3.49. The first-order valence-corrected chi connectivity index (χ1v) is 11.0. The number of aryl methyl sites for hydroxylation is 1. The Balaban J connectivity index is 1.46. The molecule has 6 heteroatoms. The highest BCUT2D eigenvalue weighted by Crippen LogP contribution is 2.36. The summed E-state index contributed by atoms with van der Waals surface area (Å²) in [4.78, 5) is 15.2. The second-order valence-electron chi connectivity index (χ2n) is 7.69. The van der Waals surface area contributed by atoms with Crippen LogP contribution in [0.2, 0.25) is 0 Å². The number of thioether (sulfide) groups is 1. The van der Waals surface area contributed by atoms with E-state index in [-0.39, 0.29) is 11.9 Å². The fourth-order valence-electron chi connectivity index (χ4n) is 3.49. The van der Waals surface area contributed by atoms with E-state index in [2.05, 4.69) is 48.3 Å². The fourth-order valence-corrected chi connectivity index (χ4v) is 4.30. The maximum atomic E-state index is 13.2. The monoisotopic (exact) mass is 406 g/mol. The van der Waals surface area contributed by atoms with Crippen LogP contribution in [0.1, 0.15) is 30.9 Å². The maximum absolute atomic E-state index is 13.2. The zero-order valence-electron chi connectivity index (χ0n) is 16.9. The van der Waals surface area contributed by atoms with Crippen molar-refractivity contribution in [3.05, 3.63) is 72.1 Å². The lowest BCUT2D eigenvalue weighted by Gasteiger charge is -2.29. The molecule has 4 rings (SSSR count). The van der Waals surface area contributed by atoms with Crippen molar-refractivity contribution in [1.82, 2.24) is 19.7 Å². The zero-order chi connectivity index (χ0) is 20.2. The van der Waals surface area contributed by atoms with Crippen LogP contribution in [0.25, 0.3) is 5.69 Å². The van der Waals surface area contributed by atoms with E-state index in [1.165, 1.54) is 35.7 Å². The third kappa shape index (κ3) is 4.88. The van der Waals surface area contributed by atoms with Crippen molar-refractivity contribution in [2.75, 3.05) is 5.75 Å². The third-order valence-corrected chi connectivity index (χ3v) is 6.39. The summed E-state index contributed by atoms with van der Waals surface area (Å²) in [6, 6.07) is 18.7. The Morgan fingerprint density at radius 1 is 1.17 bits per heavy atom. The van der Waals surface area contributed by atoms with Gasteiger partial charge in [-0.1, -0.05) is 59.8 Å². The summed E-state index contributed by atoms with van der Waals surface area (Å²) in [5.74, 6) is 1.13. The molecular weight excluding hydrogens is 380 g/mol. The predicted octanol–water partition coefficient (Wildman–Crippen LogP) is 4.50. The van der Waals surface area contributed by atoms with Crippen molar-refractivity contribution in [2.24, 2.45) is 5.92 Å². The van der Waals surface area contributed by atoms with Crippen LogP contribution in [-0.4, -0.2) is 37.4 Å². The van der Waals surface area contributed by atoms with Crippen molar-refractivity contribution in [3.8, 4) is 5.69 Å². The second kappa shape index (κ2) is 8.82. The number of benzene rings is 2. The molecule has 1 unspecified atom stereocenters. The minimum atomic E-state index is 0.150. The largest absolute Gasteiger partial charge is 0.335 e. The summed E-state index contributed by atoms with van der Waals surface area (Å²) in [6.45, 7) is 4.90. The lowest BCUT2D eigenvalue weighted by molar-refractivity contribution is -0.131. The zero-order valence-corrected chi connectivity index (χ0v) is 17.7. The summed E-state index contributed by atoms with van der Waals surface area (Å²) >= 11 is 1.45. The molecule has 0 radical (unpaired) electrons. The Hall–Kier alpha value is -2.60. The van der Waals surface area contributed by atoms with Gasteiger partial charge in [0.05, 0.1) is 5.75 Å². The van der Waals surface area contributed by atoms with E-state index >= 15 is 0 Å². The molecule has 3 aromatic rings. The van der Waals surface area contributed by atoms with Gasteiger partial charge in [-0.25, -0.2) is 0 Å². The molecule has 1 atom stereocenters. The molecule has 0 bridgehead atoms. The normalized spacial score (nSPS) is 14.6. The third-order valence-electron chi connectivity index (χ3n) is 5.47. The lowest BCUT2D eigenvalue weighted by Crippen LogP contribution is -2.40. The standard InChI is InChI=1S/C23H26N4OS/c1-17-8-12-21(13-9-17)27-16-24-25-23(27)29-15-22(28)26(18(2)20-10-11-20)14-19-6-4-3-5-7-19/h3-9,12-13,16,18,20H,10-11,14-15H2,1-2H3. The van der Waals surface area contributed by atoms with Crippen LogP contribution in [0.3, 0.4) is 0 Å². The highest BCUT2D eigenvalue weighted by Gasteiger charge is 2.34. The van der Waals surface area contributed by atoms with Gasteiger partial charge < -0.3 is 4.90 Å². The summed E-state index contributed by atoms with van der Waals surface area (Å²) in [6.07, 6.45) is 4.13. The number of amides is 1. The second-order valence-corrected chi connectivity index (χ2v) is 8.64. The van der Waals surface area contributed by atoms with E-state index in [0.717, 1.165) is 10.8 Å². The van der Waals surface area contributed by atoms with E-state index in [0.29, 0.717) is 18.2 Å². The molecule has 2 aromatic carbocycles. The van der Waals surface area contributed by atoms with Gasteiger partial charge in [-0.3, -0.25) is 9.36 Å². The van der Waals surface area contributed by atoms with Gasteiger partial charge in [-0.2, -0.15) is 0 Å². The first-order valence-electron chi connectivity index (χ1n) is 10.0. The van der Waals surface area contributed by atoms with Crippen LogP contribution >= 0.6 is 11.8 Å². The Morgan fingerprint density at radius 2 is 1.90 bits per heavy atom. The maximum Gasteiger partial charge on any atom is 0.233 e. The molecule has 0 saturated heterocycles. The Kier molecular flexibility index (Phi) is 6.00. The first kappa shape index (κ1) is 19.7. The van der Waals surface area contributed by atoms with Gasteiger partial charge in [0.1, 0.15) is 6.33 Å². The highest BCUT2D eigenvalue weighted by molar-refractivity contribution is 7.99. The molecular formula is C23H26N4OS.